The molecule has 0 fully saturated rings. The van der Waals surface area contributed by atoms with Crippen molar-refractivity contribution in [1.29, 1.82) is 0 Å². The van der Waals surface area contributed by atoms with E-state index in [2.05, 4.69) is 25.1 Å². The fourth-order valence-electron chi connectivity index (χ4n) is 7.39. The molecule has 6 aromatic rings. The highest BCUT2D eigenvalue weighted by atomic mass is 35.5. The minimum absolute atomic E-state index is 0.0108. The van der Waals surface area contributed by atoms with Gasteiger partial charge in [0.25, 0.3) is 17.9 Å². The van der Waals surface area contributed by atoms with Crippen LogP contribution in [0, 0.1) is 23.4 Å². The number of benzene rings is 3. The predicted molar refractivity (Wildman–Crippen MR) is 219 cm³/mol. The summed E-state index contributed by atoms with van der Waals surface area (Å²) >= 11 is 13.6. The minimum Gasteiger partial charge on any atom is -0.386 e. The van der Waals surface area contributed by atoms with Gasteiger partial charge < -0.3 is 16.4 Å². The van der Waals surface area contributed by atoms with E-state index in [4.69, 9.17) is 33.9 Å². The maximum atomic E-state index is 15.5. The molecule has 61 heavy (non-hydrogen) atoms. The third-order valence-electron chi connectivity index (χ3n) is 10.1. The van der Waals surface area contributed by atoms with E-state index in [-0.39, 0.29) is 72.1 Å². The van der Waals surface area contributed by atoms with E-state index in [1.807, 2.05) is 0 Å². The van der Waals surface area contributed by atoms with Crippen LogP contribution in [0.1, 0.15) is 53.3 Å². The largest absolute Gasteiger partial charge is 0.386 e. The number of nitrogens with zero attached hydrogens (tertiary/aromatic N) is 6. The number of fused-ring (bicyclic) bond motifs is 2. The van der Waals surface area contributed by atoms with Crippen LogP contribution in [-0.4, -0.2) is 49.4 Å². The number of anilines is 1. The Kier molecular flexibility index (Phi) is 12.1. The quantitative estimate of drug-likeness (QED) is 0.0479. The summed E-state index contributed by atoms with van der Waals surface area (Å²) in [6.07, 6.45) is -2.50. The Hall–Kier alpha value is -5.66. The van der Waals surface area contributed by atoms with Crippen molar-refractivity contribution in [3.63, 3.8) is 0 Å². The normalized spacial score (nSPS) is 15.4. The molecule has 7 rings (SSSR count). The SMILES string of the molecule is CNc1c(-n2c(C(Cc3cc(F)cc(F)c3)NC(=O)Cn3nc(C(F)F)c4c3C(F)(F)C(C)C4)nc3nc(-c4ccc(Cl)cc4F)ccc3c2=O)ccc(Cl)c1C(N)=NSC. The third kappa shape index (κ3) is 8.25. The van der Waals surface area contributed by atoms with Gasteiger partial charge in [0.15, 0.2) is 5.65 Å². The molecule has 0 aliphatic heterocycles. The Morgan fingerprint density at radius 2 is 1.77 bits per heavy atom. The van der Waals surface area contributed by atoms with Crippen molar-refractivity contribution < 1.29 is 35.5 Å². The van der Waals surface area contributed by atoms with E-state index in [1.165, 1.54) is 50.4 Å². The van der Waals surface area contributed by atoms with Gasteiger partial charge in [0.1, 0.15) is 47.0 Å². The number of pyridine rings is 1. The number of amidine groups is 1. The molecule has 11 nitrogen and oxygen atoms in total. The number of rotatable bonds is 12. The first-order valence-electron chi connectivity index (χ1n) is 18.2. The van der Waals surface area contributed by atoms with Crippen molar-refractivity contribution in [1.82, 2.24) is 29.6 Å². The van der Waals surface area contributed by atoms with Crippen LogP contribution in [0.25, 0.3) is 28.0 Å². The van der Waals surface area contributed by atoms with Gasteiger partial charge in [-0.25, -0.2) is 31.9 Å². The van der Waals surface area contributed by atoms with Crippen LogP contribution in [0.2, 0.25) is 10.0 Å². The number of aromatic nitrogens is 5. The zero-order valence-corrected chi connectivity index (χ0v) is 34.3. The van der Waals surface area contributed by atoms with E-state index in [0.717, 1.165) is 34.7 Å². The standard InChI is InChI=1S/C40H32Cl2F7N9O2S/c1-17-10-24-32(35(46)47)55-57(34(24)40(17,48)49)16-30(59)52-28(13-18-11-20(43)15-21(44)12-18)38-54-37-23(6-8-27(53-37)22-5-4-19(41)14-26(22)45)39(60)58(38)29-9-7-25(42)31(33(29)51-2)36(50)56-61-3/h4-9,11-12,14-15,17,28,35,51H,10,13,16H2,1-3H3,(H2,50,56)(H,52,59). The van der Waals surface area contributed by atoms with Gasteiger partial charge in [-0.3, -0.25) is 18.8 Å². The number of alkyl halides is 4. The molecule has 0 bridgehead atoms. The molecule has 0 saturated heterocycles. The Morgan fingerprint density at radius 3 is 2.43 bits per heavy atom. The first kappa shape index (κ1) is 43.4. The predicted octanol–water partition coefficient (Wildman–Crippen LogP) is 8.72. The van der Waals surface area contributed by atoms with E-state index in [1.54, 1.807) is 6.26 Å². The van der Waals surface area contributed by atoms with Crippen LogP contribution in [0.3, 0.4) is 0 Å². The zero-order valence-electron chi connectivity index (χ0n) is 32.0. The summed E-state index contributed by atoms with van der Waals surface area (Å²) in [4.78, 5) is 38.1. The van der Waals surface area contributed by atoms with Crippen LogP contribution in [0.4, 0.5) is 36.4 Å². The van der Waals surface area contributed by atoms with E-state index in [9.17, 15) is 27.2 Å². The van der Waals surface area contributed by atoms with Gasteiger partial charge >= 0.3 is 0 Å². The third-order valence-corrected chi connectivity index (χ3v) is 11.0. The summed E-state index contributed by atoms with van der Waals surface area (Å²) in [5.41, 5.74) is 3.41. The molecule has 0 spiro atoms. The minimum atomic E-state index is -3.63. The first-order valence-corrected chi connectivity index (χ1v) is 20.1. The van der Waals surface area contributed by atoms with Crippen LogP contribution >= 0.6 is 35.1 Å². The second-order valence-corrected chi connectivity index (χ2v) is 15.4. The van der Waals surface area contributed by atoms with Crippen molar-refractivity contribution in [2.45, 2.75) is 44.7 Å². The highest BCUT2D eigenvalue weighted by Gasteiger charge is 2.51. The van der Waals surface area contributed by atoms with Crippen LogP contribution < -0.4 is 21.9 Å². The Balaban J connectivity index is 1.47. The summed E-state index contributed by atoms with van der Waals surface area (Å²) < 4.78 is 109. The Morgan fingerprint density at radius 1 is 1.05 bits per heavy atom. The number of carbonyl (C=O) groups is 1. The maximum absolute atomic E-state index is 15.5. The van der Waals surface area contributed by atoms with E-state index < -0.39 is 84.0 Å². The number of hydrogen-bond donors (Lipinski definition) is 3. The number of nitrogens with two attached hydrogens (primary N) is 1. The Labute approximate surface area is 356 Å². The molecule has 3 heterocycles. The van der Waals surface area contributed by atoms with Gasteiger partial charge in [0.05, 0.1) is 39.1 Å². The molecule has 318 valence electrons. The van der Waals surface area contributed by atoms with Crippen LogP contribution in [-0.2, 0) is 30.1 Å². The molecule has 1 amide bonds. The smallest absolute Gasteiger partial charge is 0.292 e. The monoisotopic (exact) mass is 905 g/mol. The van der Waals surface area contributed by atoms with Crippen molar-refractivity contribution in [2.75, 3.05) is 18.6 Å². The average molecular weight is 907 g/mol. The lowest BCUT2D eigenvalue weighted by molar-refractivity contribution is -0.123. The fraction of sp³-hybridized carbons (Fsp3) is 0.250. The van der Waals surface area contributed by atoms with Crippen LogP contribution in [0.5, 0.6) is 0 Å². The lowest BCUT2D eigenvalue weighted by Gasteiger charge is -2.25. The van der Waals surface area contributed by atoms with Gasteiger partial charge in [-0.15, -0.1) is 0 Å². The fourth-order valence-corrected chi connectivity index (χ4v) is 8.10. The number of amides is 1. The second-order valence-electron chi connectivity index (χ2n) is 14.0. The molecule has 3 aromatic carbocycles. The lowest BCUT2D eigenvalue weighted by atomic mass is 10.0. The lowest BCUT2D eigenvalue weighted by Crippen LogP contribution is -2.38. The summed E-state index contributed by atoms with van der Waals surface area (Å²) in [5.74, 6) is -9.21. The van der Waals surface area contributed by atoms with E-state index in [0.29, 0.717) is 10.7 Å². The summed E-state index contributed by atoms with van der Waals surface area (Å²) in [7, 11) is 1.50. The molecule has 3 aromatic heterocycles. The maximum Gasteiger partial charge on any atom is 0.292 e. The number of halogens is 9. The number of carbonyl (C=O) groups excluding carboxylic acids is 1. The molecule has 0 radical (unpaired) electrons. The molecule has 2 atom stereocenters. The molecule has 4 N–H and O–H groups in total. The molecule has 1 aliphatic rings. The summed E-state index contributed by atoms with van der Waals surface area (Å²) in [6, 6.07) is 10.4. The van der Waals surface area contributed by atoms with Gasteiger partial charge in [-0.2, -0.15) is 18.3 Å². The van der Waals surface area contributed by atoms with Gasteiger partial charge in [0, 0.05) is 47.9 Å². The summed E-state index contributed by atoms with van der Waals surface area (Å²) in [5, 5.41) is 9.37. The molecule has 21 heteroatoms. The molecular weight excluding hydrogens is 874 g/mol. The number of nitrogens with one attached hydrogen (secondary N) is 2. The van der Waals surface area contributed by atoms with Crippen LogP contribution in [0.15, 0.2) is 69.9 Å². The van der Waals surface area contributed by atoms with E-state index >= 15 is 13.2 Å². The molecule has 2 unspecified atom stereocenters. The molecule has 0 saturated carbocycles. The first-order chi connectivity index (χ1) is 28.9. The van der Waals surface area contributed by atoms with Crippen molar-refractivity contribution >= 4 is 63.6 Å². The molecule has 1 aliphatic carbocycles. The van der Waals surface area contributed by atoms with Crippen molar-refractivity contribution in [2.24, 2.45) is 16.0 Å². The Bertz CT molecular complexity index is 2800. The highest BCUT2D eigenvalue weighted by molar-refractivity contribution is 7.97. The van der Waals surface area contributed by atoms with Crippen molar-refractivity contribution in [3.05, 3.63) is 132 Å². The number of hydrogen-bond acceptors (Lipinski definition) is 8. The van der Waals surface area contributed by atoms with Gasteiger partial charge in [-0.05, 0) is 78.5 Å². The van der Waals surface area contributed by atoms with Gasteiger partial charge in [0.2, 0.25) is 5.91 Å². The van der Waals surface area contributed by atoms with Crippen molar-refractivity contribution in [3.8, 4) is 16.9 Å². The average Bonchev–Trinajstić information content (AvgIpc) is 3.66. The topological polar surface area (TPSA) is 145 Å². The molecular formula is C40H32Cl2F7N9O2S. The second kappa shape index (κ2) is 17.0. The van der Waals surface area contributed by atoms with Gasteiger partial charge in [-0.1, -0.05) is 30.1 Å². The highest BCUT2D eigenvalue weighted by Crippen LogP contribution is 2.48. The zero-order chi connectivity index (χ0) is 44.1. The summed E-state index contributed by atoms with van der Waals surface area (Å²) in [6.45, 7) is 0.164.